The van der Waals surface area contributed by atoms with Crippen LogP contribution in [0.15, 0.2) is 11.6 Å². The van der Waals surface area contributed by atoms with Crippen molar-refractivity contribution in [3.63, 3.8) is 0 Å². The largest absolute Gasteiger partial charge is 0.375 e. The third-order valence-electron chi connectivity index (χ3n) is 2.03. The zero-order valence-corrected chi connectivity index (χ0v) is 12.3. The molecule has 3 atom stereocenters. The quantitative estimate of drug-likeness (QED) is 0.193. The van der Waals surface area contributed by atoms with Crippen LogP contribution in [-0.4, -0.2) is 70.5 Å². The molecular formula is C6H12O12S3. The van der Waals surface area contributed by atoms with Crippen LogP contribution in [0.3, 0.4) is 0 Å². The highest BCUT2D eigenvalue weighted by atomic mass is 32.2. The molecule has 6 N–H and O–H groups in total. The van der Waals surface area contributed by atoms with Gasteiger partial charge < -0.3 is 15.3 Å². The van der Waals surface area contributed by atoms with Gasteiger partial charge in [-0.25, -0.2) is 0 Å². The van der Waals surface area contributed by atoms with Crippen LogP contribution in [0.2, 0.25) is 0 Å². The Morgan fingerprint density at radius 2 is 1.10 bits per heavy atom. The topological polar surface area (TPSA) is 224 Å². The maximum atomic E-state index is 10.7. The van der Waals surface area contributed by atoms with Gasteiger partial charge in [0.2, 0.25) is 10.9 Å². The summed E-state index contributed by atoms with van der Waals surface area (Å²) in [5, 5.41) is 27.3. The fraction of sp³-hybridized carbons (Fsp3) is 0.667. The predicted molar refractivity (Wildman–Crippen MR) is 65.4 cm³/mol. The van der Waals surface area contributed by atoms with Crippen molar-refractivity contribution in [3.05, 3.63) is 11.6 Å². The molecule has 0 rings (SSSR count). The van der Waals surface area contributed by atoms with Crippen molar-refractivity contribution in [2.24, 2.45) is 0 Å². The average Bonchev–Trinajstić information content (AvgIpc) is 2.24. The Labute approximate surface area is 119 Å². The highest BCUT2D eigenvalue weighted by molar-refractivity contribution is 7.87. The molecule has 0 amide bonds. The number of aliphatic hydroxyl groups is 3. The normalized spacial score (nSPS) is 17.8. The lowest BCUT2D eigenvalue weighted by molar-refractivity contribution is 0.204. The monoisotopic (exact) mass is 372 g/mol. The summed E-state index contributed by atoms with van der Waals surface area (Å²) in [5.41, 5.74) is -10.0. The van der Waals surface area contributed by atoms with Crippen molar-refractivity contribution in [1.82, 2.24) is 0 Å². The molecule has 12 nitrogen and oxygen atoms in total. The van der Waals surface area contributed by atoms with E-state index in [2.05, 4.69) is 0 Å². The van der Waals surface area contributed by atoms with Crippen LogP contribution in [0.1, 0.15) is 6.42 Å². The molecular weight excluding hydrogens is 360 g/mol. The third kappa shape index (κ3) is 6.32. The molecule has 0 saturated carbocycles. The van der Waals surface area contributed by atoms with E-state index in [1.807, 2.05) is 0 Å². The average molecular weight is 372 g/mol. The summed E-state index contributed by atoms with van der Waals surface area (Å²) in [6.07, 6.45) is -0.956. The van der Waals surface area contributed by atoms with E-state index in [1.165, 1.54) is 0 Å². The minimum absolute atomic E-state index is 0.204. The van der Waals surface area contributed by atoms with Crippen LogP contribution in [0.5, 0.6) is 0 Å². The van der Waals surface area contributed by atoms with Gasteiger partial charge in [0.25, 0.3) is 30.4 Å². The van der Waals surface area contributed by atoms with E-state index in [0.29, 0.717) is 0 Å². The first-order valence-corrected chi connectivity index (χ1v) is 9.22. The van der Waals surface area contributed by atoms with Gasteiger partial charge in [-0.2, -0.15) is 25.3 Å². The summed E-state index contributed by atoms with van der Waals surface area (Å²) in [6, 6.07) is 0. The molecule has 0 heterocycles. The van der Waals surface area contributed by atoms with Crippen LogP contribution in [-0.2, 0) is 30.4 Å². The lowest BCUT2D eigenvalue weighted by Gasteiger charge is -2.16. The molecule has 0 bridgehead atoms. The van der Waals surface area contributed by atoms with Crippen LogP contribution in [0.4, 0.5) is 0 Å². The van der Waals surface area contributed by atoms with Gasteiger partial charge >= 0.3 is 0 Å². The highest BCUT2D eigenvalue weighted by Crippen LogP contribution is 2.19. The second kappa shape index (κ2) is 6.63. The van der Waals surface area contributed by atoms with E-state index in [-0.39, 0.29) is 6.08 Å². The molecule has 0 radical (unpaired) electrons. The lowest BCUT2D eigenvalue weighted by atomic mass is 10.2. The summed E-state index contributed by atoms with van der Waals surface area (Å²) in [4.78, 5) is 0. The van der Waals surface area contributed by atoms with E-state index in [4.69, 9.17) is 29.0 Å². The molecule has 0 aliphatic carbocycles. The molecule has 0 aliphatic rings. The molecule has 0 saturated heterocycles. The fourth-order valence-electron chi connectivity index (χ4n) is 1.03. The Hall–Kier alpha value is -0.650. The zero-order valence-electron chi connectivity index (χ0n) is 9.87. The molecule has 15 heteroatoms. The third-order valence-corrected chi connectivity index (χ3v) is 4.59. The molecule has 0 spiro atoms. The van der Waals surface area contributed by atoms with Crippen LogP contribution < -0.4 is 0 Å². The van der Waals surface area contributed by atoms with Gasteiger partial charge in [0.05, 0.1) is 0 Å². The minimum Gasteiger partial charge on any atom is -0.375 e. The Bertz CT molecular complexity index is 658. The van der Waals surface area contributed by atoms with Gasteiger partial charge in [-0.05, 0) is 0 Å². The summed E-state index contributed by atoms with van der Waals surface area (Å²) in [5.74, 6) is 0. The van der Waals surface area contributed by atoms with Crippen molar-refractivity contribution < 1.29 is 54.2 Å². The molecule has 0 aromatic rings. The maximum Gasteiger partial charge on any atom is 0.296 e. The van der Waals surface area contributed by atoms with Gasteiger partial charge in [0, 0.05) is 12.0 Å². The van der Waals surface area contributed by atoms with E-state index in [1.54, 1.807) is 0 Å². The molecule has 0 aromatic heterocycles. The van der Waals surface area contributed by atoms with Crippen LogP contribution in [0.25, 0.3) is 0 Å². The van der Waals surface area contributed by atoms with Gasteiger partial charge in [-0.3, -0.25) is 13.7 Å². The SMILES string of the molecule is O=S(=O)(O)[C@H](O)CC=C([C@@H](O)S(=O)(=O)O)[C@@H](O)S(=O)(=O)O. The number of hydrogen-bond acceptors (Lipinski definition) is 9. The first kappa shape index (κ1) is 20.3. The van der Waals surface area contributed by atoms with Gasteiger partial charge in [-0.15, -0.1) is 0 Å². The van der Waals surface area contributed by atoms with Gasteiger partial charge in [-0.1, -0.05) is 6.08 Å². The summed E-state index contributed by atoms with van der Waals surface area (Å²) in [7, 11) is -15.7. The number of hydrogen-bond donors (Lipinski definition) is 6. The highest BCUT2D eigenvalue weighted by Gasteiger charge is 2.35. The second-order valence-electron chi connectivity index (χ2n) is 3.64. The molecule has 0 unspecified atom stereocenters. The predicted octanol–water partition coefficient (Wildman–Crippen LogP) is -3.08. The van der Waals surface area contributed by atoms with Crippen molar-refractivity contribution in [2.75, 3.05) is 0 Å². The standard InChI is InChI=1S/C6H12O12S3/c7-4(19(10,11)12)2-1-3(5(8)20(13,14)15)6(9)21(16,17)18/h1,4-9H,2H2,(H,10,11,12)(H,13,14,15)(H,16,17,18)/t4-,5-,6-/m0/s1. The Balaban J connectivity index is 5.75. The molecule has 21 heavy (non-hydrogen) atoms. The first-order valence-electron chi connectivity index (χ1n) is 4.71. The van der Waals surface area contributed by atoms with E-state index in [9.17, 15) is 25.3 Å². The van der Waals surface area contributed by atoms with Crippen molar-refractivity contribution in [2.45, 2.75) is 22.7 Å². The summed E-state index contributed by atoms with van der Waals surface area (Å²) in [6.45, 7) is 0. The van der Waals surface area contributed by atoms with Crippen LogP contribution >= 0.6 is 0 Å². The minimum atomic E-state index is -5.33. The van der Waals surface area contributed by atoms with Gasteiger partial charge in [0.15, 0.2) is 5.44 Å². The van der Waals surface area contributed by atoms with E-state index in [0.717, 1.165) is 0 Å². The number of rotatable bonds is 7. The molecule has 0 fully saturated rings. The summed E-state index contributed by atoms with van der Waals surface area (Å²) >= 11 is 0. The van der Waals surface area contributed by atoms with E-state index < -0.39 is 58.7 Å². The molecule has 126 valence electrons. The van der Waals surface area contributed by atoms with Crippen molar-refractivity contribution in [1.29, 1.82) is 0 Å². The Morgan fingerprint density at radius 3 is 1.33 bits per heavy atom. The second-order valence-corrected chi connectivity index (χ2v) is 8.17. The first-order chi connectivity index (χ1) is 9.08. The molecule has 0 aliphatic heterocycles. The Morgan fingerprint density at radius 1 is 0.762 bits per heavy atom. The van der Waals surface area contributed by atoms with Gasteiger partial charge in [0.1, 0.15) is 0 Å². The Kier molecular flexibility index (Phi) is 6.42. The van der Waals surface area contributed by atoms with Crippen molar-refractivity contribution >= 4 is 30.4 Å². The van der Waals surface area contributed by atoms with Crippen molar-refractivity contribution in [3.8, 4) is 0 Å². The van der Waals surface area contributed by atoms with Crippen LogP contribution in [0, 0.1) is 0 Å². The lowest BCUT2D eigenvalue weighted by Crippen LogP contribution is -2.34. The van der Waals surface area contributed by atoms with E-state index >= 15 is 0 Å². The fourth-order valence-corrected chi connectivity index (χ4v) is 2.59. The smallest absolute Gasteiger partial charge is 0.296 e. The zero-order chi connectivity index (χ0) is 17.2. The summed E-state index contributed by atoms with van der Waals surface area (Å²) < 4.78 is 89.3. The molecule has 0 aromatic carbocycles. The number of aliphatic hydroxyl groups excluding tert-OH is 3. The maximum absolute atomic E-state index is 10.7.